The molecule has 1 aromatic carbocycles. The van der Waals surface area contributed by atoms with Crippen LogP contribution in [0.2, 0.25) is 0 Å². The van der Waals surface area contributed by atoms with Crippen molar-refractivity contribution >= 4 is 15.9 Å². The topological polar surface area (TPSA) is 88.6 Å². The maximum absolute atomic E-state index is 12.9. The number of amides is 1. The van der Waals surface area contributed by atoms with Crippen LogP contribution in [0.3, 0.4) is 0 Å². The molecule has 1 amide bonds. The molecule has 0 aliphatic rings. The predicted octanol–water partition coefficient (Wildman–Crippen LogP) is 1.28. The van der Waals surface area contributed by atoms with Crippen LogP contribution in [0.1, 0.15) is 15.9 Å². The van der Waals surface area contributed by atoms with Gasteiger partial charge in [-0.1, -0.05) is 6.07 Å². The Morgan fingerprint density at radius 2 is 1.96 bits per heavy atom. The van der Waals surface area contributed by atoms with E-state index in [0.29, 0.717) is 11.3 Å². The van der Waals surface area contributed by atoms with Crippen molar-refractivity contribution in [1.82, 2.24) is 14.6 Å². The Morgan fingerprint density at radius 3 is 2.60 bits per heavy atom. The first-order valence-corrected chi connectivity index (χ1v) is 9.34. The predicted molar refractivity (Wildman–Crippen MR) is 94.8 cm³/mol. The van der Waals surface area contributed by atoms with Crippen LogP contribution >= 0.6 is 0 Å². The highest BCUT2D eigenvalue weighted by molar-refractivity contribution is 7.89. The number of carbonyl (C=O) groups is 1. The van der Waals surface area contributed by atoms with Crippen molar-refractivity contribution in [1.29, 1.82) is 0 Å². The number of nitrogens with one attached hydrogen (secondary N) is 1. The number of carbonyl (C=O) groups excluding carboxylic acids is 1. The summed E-state index contributed by atoms with van der Waals surface area (Å²) in [4.78, 5) is 18.3. The monoisotopic (exact) mass is 363 g/mol. The van der Waals surface area contributed by atoms with Crippen LogP contribution < -0.4 is 9.46 Å². The summed E-state index contributed by atoms with van der Waals surface area (Å²) in [5, 5.41) is 0. The lowest BCUT2D eigenvalue weighted by atomic mass is 10.1. The first-order valence-electron chi connectivity index (χ1n) is 7.68. The zero-order chi connectivity index (χ0) is 18.3. The van der Waals surface area contributed by atoms with Crippen LogP contribution in [0.5, 0.6) is 5.75 Å². The third-order valence-electron chi connectivity index (χ3n) is 3.67. The minimum atomic E-state index is -3.42. The number of aromatic nitrogens is 1. The van der Waals surface area contributed by atoms with Crippen molar-refractivity contribution in [3.63, 3.8) is 0 Å². The highest BCUT2D eigenvalue weighted by Gasteiger charge is 2.19. The number of hydrogen-bond donors (Lipinski definition) is 1. The standard InChI is InChI=1S/C17H21N3O4S/c1-18-25(22,23)11-10-20(13-14-6-8-19-9-7-14)17(21)15-4-3-5-16(12-15)24-2/h3-9,12,18H,10-11,13H2,1-2H3. The Balaban J connectivity index is 2.24. The second-order valence-corrected chi connectivity index (χ2v) is 7.38. The zero-order valence-electron chi connectivity index (χ0n) is 14.2. The van der Waals surface area contributed by atoms with Crippen molar-refractivity contribution in [3.8, 4) is 5.75 Å². The van der Waals surface area contributed by atoms with Gasteiger partial charge in [0.25, 0.3) is 5.91 Å². The molecule has 1 aromatic heterocycles. The van der Waals surface area contributed by atoms with E-state index in [1.165, 1.54) is 19.1 Å². The van der Waals surface area contributed by atoms with Gasteiger partial charge in [0.1, 0.15) is 5.75 Å². The van der Waals surface area contributed by atoms with E-state index in [1.54, 1.807) is 48.8 Å². The van der Waals surface area contributed by atoms with E-state index in [2.05, 4.69) is 9.71 Å². The molecule has 0 aliphatic heterocycles. The van der Waals surface area contributed by atoms with Crippen LogP contribution in [-0.4, -0.2) is 50.7 Å². The molecule has 0 aliphatic carbocycles. The van der Waals surface area contributed by atoms with E-state index in [9.17, 15) is 13.2 Å². The summed E-state index contributed by atoms with van der Waals surface area (Å²) in [6.45, 7) is 0.360. The number of rotatable bonds is 8. The molecular weight excluding hydrogens is 342 g/mol. The number of ether oxygens (including phenoxy) is 1. The average Bonchev–Trinajstić information content (AvgIpc) is 2.65. The first-order chi connectivity index (χ1) is 11.9. The number of benzene rings is 1. The minimum Gasteiger partial charge on any atom is -0.497 e. The Hall–Kier alpha value is -2.45. The van der Waals surface area contributed by atoms with Crippen LogP contribution in [0.15, 0.2) is 48.8 Å². The summed E-state index contributed by atoms with van der Waals surface area (Å²) in [5.41, 5.74) is 1.31. The fourth-order valence-electron chi connectivity index (χ4n) is 2.23. The van der Waals surface area contributed by atoms with Crippen LogP contribution in [0, 0.1) is 0 Å². The Labute approximate surface area is 147 Å². The molecule has 2 rings (SSSR count). The Bertz CT molecular complexity index is 810. The van der Waals surface area contributed by atoms with E-state index in [4.69, 9.17) is 4.74 Å². The molecule has 0 saturated heterocycles. The molecule has 1 heterocycles. The van der Waals surface area contributed by atoms with Gasteiger partial charge in [0.15, 0.2) is 0 Å². The summed E-state index contributed by atoms with van der Waals surface area (Å²) in [6.07, 6.45) is 3.27. The van der Waals surface area contributed by atoms with Crippen molar-refractivity contribution < 1.29 is 17.9 Å². The normalized spacial score (nSPS) is 11.1. The van der Waals surface area contributed by atoms with Gasteiger partial charge in [-0.15, -0.1) is 0 Å². The van der Waals surface area contributed by atoms with Crippen molar-refractivity contribution in [2.24, 2.45) is 0 Å². The van der Waals surface area contributed by atoms with Gasteiger partial charge >= 0.3 is 0 Å². The highest BCUT2D eigenvalue weighted by Crippen LogP contribution is 2.16. The number of hydrogen-bond acceptors (Lipinski definition) is 5. The number of nitrogens with zero attached hydrogens (tertiary/aromatic N) is 2. The zero-order valence-corrected chi connectivity index (χ0v) is 15.0. The third kappa shape index (κ3) is 5.54. The van der Waals surface area contributed by atoms with Crippen molar-refractivity contribution in [2.45, 2.75) is 6.54 Å². The van der Waals surface area contributed by atoms with Gasteiger partial charge < -0.3 is 9.64 Å². The van der Waals surface area contributed by atoms with E-state index >= 15 is 0 Å². The molecule has 134 valence electrons. The molecule has 1 N–H and O–H groups in total. The lowest BCUT2D eigenvalue weighted by Gasteiger charge is -2.23. The van der Waals surface area contributed by atoms with E-state index in [-0.39, 0.29) is 24.7 Å². The summed E-state index contributed by atoms with van der Waals surface area (Å²) in [5.74, 6) is 0.129. The summed E-state index contributed by atoms with van der Waals surface area (Å²) in [6, 6.07) is 10.4. The molecule has 0 radical (unpaired) electrons. The molecule has 2 aromatic rings. The highest BCUT2D eigenvalue weighted by atomic mass is 32.2. The summed E-state index contributed by atoms with van der Waals surface area (Å²) < 4.78 is 30.9. The number of sulfonamides is 1. The number of methoxy groups -OCH3 is 1. The molecule has 0 bridgehead atoms. The quantitative estimate of drug-likeness (QED) is 0.763. The van der Waals surface area contributed by atoms with Crippen LogP contribution in [-0.2, 0) is 16.6 Å². The van der Waals surface area contributed by atoms with Crippen molar-refractivity contribution in [2.75, 3.05) is 26.5 Å². The maximum atomic E-state index is 12.9. The molecular formula is C17H21N3O4S. The molecule has 0 atom stereocenters. The van der Waals surface area contributed by atoms with Gasteiger partial charge in [-0.05, 0) is 42.9 Å². The van der Waals surface area contributed by atoms with Crippen LogP contribution in [0.4, 0.5) is 0 Å². The fraction of sp³-hybridized carbons (Fsp3) is 0.294. The van der Waals surface area contributed by atoms with Gasteiger partial charge in [-0.25, -0.2) is 13.1 Å². The lowest BCUT2D eigenvalue weighted by molar-refractivity contribution is 0.0753. The largest absolute Gasteiger partial charge is 0.497 e. The van der Waals surface area contributed by atoms with E-state index in [0.717, 1.165) is 5.56 Å². The van der Waals surface area contributed by atoms with Gasteiger partial charge in [0, 0.05) is 31.0 Å². The van der Waals surface area contributed by atoms with E-state index < -0.39 is 10.0 Å². The molecule has 0 spiro atoms. The second-order valence-electron chi connectivity index (χ2n) is 5.34. The van der Waals surface area contributed by atoms with Crippen LogP contribution in [0.25, 0.3) is 0 Å². The van der Waals surface area contributed by atoms with Gasteiger partial charge in [0.2, 0.25) is 10.0 Å². The Kier molecular flexibility index (Phi) is 6.49. The smallest absolute Gasteiger partial charge is 0.254 e. The van der Waals surface area contributed by atoms with Crippen molar-refractivity contribution in [3.05, 3.63) is 59.9 Å². The molecule has 0 fully saturated rings. The minimum absolute atomic E-state index is 0.0710. The fourth-order valence-corrected chi connectivity index (χ4v) is 2.90. The summed E-state index contributed by atoms with van der Waals surface area (Å²) >= 11 is 0. The van der Waals surface area contributed by atoms with Gasteiger partial charge in [-0.3, -0.25) is 9.78 Å². The molecule has 25 heavy (non-hydrogen) atoms. The van der Waals surface area contributed by atoms with Gasteiger partial charge in [0.05, 0.1) is 12.9 Å². The number of pyridine rings is 1. The molecule has 0 unspecified atom stereocenters. The summed E-state index contributed by atoms with van der Waals surface area (Å²) in [7, 11) is -0.537. The first kappa shape index (κ1) is 18.9. The lowest BCUT2D eigenvalue weighted by Crippen LogP contribution is -2.37. The SMILES string of the molecule is CNS(=O)(=O)CCN(Cc1ccncc1)C(=O)c1cccc(OC)c1. The molecule has 0 saturated carbocycles. The van der Waals surface area contributed by atoms with E-state index in [1.807, 2.05) is 0 Å². The molecule has 7 nitrogen and oxygen atoms in total. The maximum Gasteiger partial charge on any atom is 0.254 e. The van der Waals surface area contributed by atoms with Gasteiger partial charge in [-0.2, -0.15) is 0 Å². The molecule has 8 heteroatoms. The third-order valence-corrected chi connectivity index (χ3v) is 5.01. The Morgan fingerprint density at radius 1 is 1.24 bits per heavy atom. The average molecular weight is 363 g/mol. The second kappa shape index (κ2) is 8.59.